The molecular weight excluding hydrogens is 348 g/mol. The fourth-order valence-electron chi connectivity index (χ4n) is 3.33. The van der Waals surface area contributed by atoms with Crippen LogP contribution in [0.25, 0.3) is 0 Å². The van der Waals surface area contributed by atoms with Crippen molar-refractivity contribution in [2.24, 2.45) is 5.92 Å². The first-order valence-corrected chi connectivity index (χ1v) is 12.4. The molecule has 3 heteroatoms. The topological polar surface area (TPSA) is 35.5 Å². The van der Waals surface area contributed by atoms with Gasteiger partial charge in [0.25, 0.3) is 0 Å². The van der Waals surface area contributed by atoms with Gasteiger partial charge in [0.15, 0.2) is 0 Å². The number of rotatable bonds is 22. The van der Waals surface area contributed by atoms with Gasteiger partial charge in [0.05, 0.1) is 6.61 Å². The maximum Gasteiger partial charge on any atom is 0.305 e. The van der Waals surface area contributed by atoms with Gasteiger partial charge in [-0.15, -0.1) is 0 Å². The highest BCUT2D eigenvalue weighted by Gasteiger charge is 2.03. The fraction of sp³-hybridized carbons (Fsp3) is 0.960. The number of hydrogen-bond donors (Lipinski definition) is 0. The first-order valence-electron chi connectivity index (χ1n) is 12.4. The van der Waals surface area contributed by atoms with E-state index < -0.39 is 0 Å². The minimum atomic E-state index is -0.0677. The molecule has 0 aromatic carbocycles. The molecule has 28 heavy (non-hydrogen) atoms. The zero-order chi connectivity index (χ0) is 20.7. The molecule has 0 saturated heterocycles. The molecule has 1 unspecified atom stereocenters. The van der Waals surface area contributed by atoms with Crippen molar-refractivity contribution in [1.82, 2.24) is 0 Å². The van der Waals surface area contributed by atoms with Crippen LogP contribution < -0.4 is 0 Å². The number of carbonyl (C=O) groups is 1. The molecular formula is C25H50O3. The second-order valence-electron chi connectivity index (χ2n) is 8.51. The van der Waals surface area contributed by atoms with Crippen LogP contribution in [0, 0.1) is 5.92 Å². The Kier molecular flexibility index (Phi) is 22.3. The molecule has 1 atom stereocenters. The number of hydrogen-bond acceptors (Lipinski definition) is 3. The summed E-state index contributed by atoms with van der Waals surface area (Å²) in [6, 6.07) is 0. The van der Waals surface area contributed by atoms with Crippen LogP contribution in [0.5, 0.6) is 0 Å². The van der Waals surface area contributed by atoms with Crippen LogP contribution in [-0.4, -0.2) is 25.8 Å². The molecule has 0 aliphatic rings. The Labute approximate surface area is 176 Å². The van der Waals surface area contributed by atoms with Crippen LogP contribution in [0.4, 0.5) is 0 Å². The molecule has 0 heterocycles. The summed E-state index contributed by atoms with van der Waals surface area (Å²) in [4.78, 5) is 11.7. The van der Waals surface area contributed by atoms with Crippen molar-refractivity contribution in [3.05, 3.63) is 0 Å². The normalized spacial score (nSPS) is 12.2. The van der Waals surface area contributed by atoms with Gasteiger partial charge < -0.3 is 9.47 Å². The van der Waals surface area contributed by atoms with Gasteiger partial charge in [0.2, 0.25) is 0 Å². The van der Waals surface area contributed by atoms with E-state index in [1.54, 1.807) is 0 Å². The van der Waals surface area contributed by atoms with E-state index in [-0.39, 0.29) is 5.97 Å². The summed E-state index contributed by atoms with van der Waals surface area (Å²) in [6.07, 6.45) is 21.8. The van der Waals surface area contributed by atoms with Crippen LogP contribution in [0.3, 0.4) is 0 Å². The van der Waals surface area contributed by atoms with E-state index in [4.69, 9.17) is 9.47 Å². The third-order valence-corrected chi connectivity index (χ3v) is 5.57. The molecule has 0 radical (unpaired) electrons. The highest BCUT2D eigenvalue weighted by atomic mass is 16.6. The standard InChI is InChI=1S/C25H50O3/c1-4-6-7-8-9-10-11-12-13-14-15-16-17-18-19-20-25(26)28-22-21-27-23-24(3)5-2/h24H,4-23H2,1-3H3. The van der Waals surface area contributed by atoms with Crippen molar-refractivity contribution in [3.8, 4) is 0 Å². The van der Waals surface area contributed by atoms with E-state index in [1.165, 1.54) is 83.5 Å². The van der Waals surface area contributed by atoms with Crippen molar-refractivity contribution >= 4 is 5.97 Å². The van der Waals surface area contributed by atoms with Gasteiger partial charge in [0, 0.05) is 13.0 Å². The molecule has 0 bridgehead atoms. The molecule has 0 N–H and O–H groups in total. The molecule has 0 spiro atoms. The van der Waals surface area contributed by atoms with Gasteiger partial charge in [-0.2, -0.15) is 0 Å². The molecule has 0 aromatic rings. The average Bonchev–Trinajstić information content (AvgIpc) is 2.70. The van der Waals surface area contributed by atoms with Gasteiger partial charge in [0.1, 0.15) is 6.61 Å². The molecule has 168 valence electrons. The predicted molar refractivity (Wildman–Crippen MR) is 121 cm³/mol. The Bertz CT molecular complexity index is 317. The highest BCUT2D eigenvalue weighted by molar-refractivity contribution is 5.69. The van der Waals surface area contributed by atoms with Crippen LogP contribution in [-0.2, 0) is 14.3 Å². The van der Waals surface area contributed by atoms with Crippen molar-refractivity contribution in [2.75, 3.05) is 19.8 Å². The first kappa shape index (κ1) is 27.4. The van der Waals surface area contributed by atoms with E-state index in [9.17, 15) is 4.79 Å². The zero-order valence-electron chi connectivity index (χ0n) is 19.4. The smallest absolute Gasteiger partial charge is 0.305 e. The molecule has 3 nitrogen and oxygen atoms in total. The van der Waals surface area contributed by atoms with Gasteiger partial charge in [-0.05, 0) is 12.3 Å². The Morgan fingerprint density at radius 1 is 0.679 bits per heavy atom. The molecule has 0 rings (SSSR count). The van der Waals surface area contributed by atoms with Gasteiger partial charge in [-0.1, -0.05) is 117 Å². The molecule has 0 amide bonds. The molecule has 0 saturated carbocycles. The van der Waals surface area contributed by atoms with Gasteiger partial charge in [-0.3, -0.25) is 4.79 Å². The average molecular weight is 399 g/mol. The zero-order valence-corrected chi connectivity index (χ0v) is 19.4. The minimum absolute atomic E-state index is 0.0677. The Hall–Kier alpha value is -0.570. The van der Waals surface area contributed by atoms with Crippen molar-refractivity contribution in [1.29, 1.82) is 0 Å². The number of ether oxygens (including phenoxy) is 2. The van der Waals surface area contributed by atoms with Gasteiger partial charge in [-0.25, -0.2) is 0 Å². The molecule has 0 aliphatic carbocycles. The first-order chi connectivity index (χ1) is 13.7. The maximum absolute atomic E-state index is 11.7. The minimum Gasteiger partial charge on any atom is -0.463 e. The lowest BCUT2D eigenvalue weighted by atomic mass is 10.0. The maximum atomic E-state index is 11.7. The van der Waals surface area contributed by atoms with Crippen LogP contribution in [0.1, 0.15) is 130 Å². The predicted octanol–water partition coefficient (Wildman–Crippen LogP) is 7.85. The monoisotopic (exact) mass is 398 g/mol. The summed E-state index contributed by atoms with van der Waals surface area (Å²) in [6.45, 7) is 8.28. The van der Waals surface area contributed by atoms with Crippen LogP contribution >= 0.6 is 0 Å². The van der Waals surface area contributed by atoms with E-state index in [2.05, 4.69) is 20.8 Å². The fourth-order valence-corrected chi connectivity index (χ4v) is 3.33. The van der Waals surface area contributed by atoms with Crippen LogP contribution in [0.2, 0.25) is 0 Å². The van der Waals surface area contributed by atoms with Crippen LogP contribution in [0.15, 0.2) is 0 Å². The van der Waals surface area contributed by atoms with Gasteiger partial charge >= 0.3 is 5.97 Å². The second kappa shape index (κ2) is 22.7. The molecule has 0 fully saturated rings. The summed E-state index contributed by atoms with van der Waals surface area (Å²) >= 11 is 0. The lowest BCUT2D eigenvalue weighted by molar-refractivity contribution is -0.145. The van der Waals surface area contributed by atoms with Crippen molar-refractivity contribution < 1.29 is 14.3 Å². The Morgan fingerprint density at radius 2 is 1.14 bits per heavy atom. The number of esters is 1. The largest absolute Gasteiger partial charge is 0.463 e. The van der Waals surface area contributed by atoms with E-state index in [0.29, 0.717) is 25.6 Å². The highest BCUT2D eigenvalue weighted by Crippen LogP contribution is 2.13. The number of carbonyl (C=O) groups excluding carboxylic acids is 1. The second-order valence-corrected chi connectivity index (χ2v) is 8.51. The lowest BCUT2D eigenvalue weighted by Gasteiger charge is -2.09. The summed E-state index contributed by atoms with van der Waals surface area (Å²) in [5.74, 6) is 0.512. The van der Waals surface area contributed by atoms with Crippen molar-refractivity contribution in [3.63, 3.8) is 0 Å². The summed E-state index contributed by atoms with van der Waals surface area (Å²) in [7, 11) is 0. The third-order valence-electron chi connectivity index (χ3n) is 5.57. The Balaban J connectivity index is 3.15. The summed E-state index contributed by atoms with van der Waals surface area (Å²) in [5.41, 5.74) is 0. The van der Waals surface area contributed by atoms with E-state index in [1.807, 2.05) is 0 Å². The Morgan fingerprint density at radius 3 is 1.61 bits per heavy atom. The number of unbranched alkanes of at least 4 members (excludes halogenated alkanes) is 14. The summed E-state index contributed by atoms with van der Waals surface area (Å²) < 4.78 is 10.7. The van der Waals surface area contributed by atoms with Crippen molar-refractivity contribution in [2.45, 2.75) is 130 Å². The lowest BCUT2D eigenvalue weighted by Crippen LogP contribution is -2.13. The molecule has 0 aliphatic heterocycles. The van der Waals surface area contributed by atoms with E-state index in [0.717, 1.165) is 25.9 Å². The molecule has 0 aromatic heterocycles. The quantitative estimate of drug-likeness (QED) is 0.137. The summed E-state index contributed by atoms with van der Waals surface area (Å²) in [5, 5.41) is 0. The third kappa shape index (κ3) is 21.7. The van der Waals surface area contributed by atoms with E-state index >= 15 is 0 Å². The SMILES string of the molecule is CCCCCCCCCCCCCCCCCC(=O)OCCOCC(C)CC.